The first kappa shape index (κ1) is 25.7. The summed E-state index contributed by atoms with van der Waals surface area (Å²) in [7, 11) is 1.65. The number of nitrogens with zero attached hydrogens (tertiary/aromatic N) is 4. The molecule has 3 aromatic rings. The largest absolute Gasteiger partial charge is 0.438 e. The van der Waals surface area contributed by atoms with Crippen molar-refractivity contribution in [3.63, 3.8) is 0 Å². The van der Waals surface area contributed by atoms with E-state index in [0.29, 0.717) is 35.6 Å². The van der Waals surface area contributed by atoms with Gasteiger partial charge in [-0.25, -0.2) is 9.78 Å². The second-order valence-corrected chi connectivity index (χ2v) is 10.1. The van der Waals surface area contributed by atoms with Gasteiger partial charge in [0.25, 0.3) is 5.56 Å². The highest BCUT2D eigenvalue weighted by atomic mass is 16.5. The van der Waals surface area contributed by atoms with Crippen LogP contribution in [0.4, 0.5) is 5.69 Å². The average molecular weight is 508 g/mol. The van der Waals surface area contributed by atoms with Crippen molar-refractivity contribution in [3.8, 4) is 11.3 Å². The van der Waals surface area contributed by atoms with Crippen molar-refractivity contribution in [1.82, 2.24) is 25.0 Å². The van der Waals surface area contributed by atoms with Crippen LogP contribution in [0.15, 0.2) is 43.4 Å². The number of nitrogens with one attached hydrogen (secondary N) is 3. The highest BCUT2D eigenvalue weighted by molar-refractivity contribution is 5.99. The van der Waals surface area contributed by atoms with Crippen molar-refractivity contribution in [1.29, 1.82) is 0 Å². The van der Waals surface area contributed by atoms with Gasteiger partial charge in [-0.15, -0.1) is 0 Å². The summed E-state index contributed by atoms with van der Waals surface area (Å²) >= 11 is 0. The molecule has 1 aliphatic rings. The highest BCUT2D eigenvalue weighted by Crippen LogP contribution is 2.43. The van der Waals surface area contributed by atoms with Crippen LogP contribution in [0.2, 0.25) is 0 Å². The van der Waals surface area contributed by atoms with Gasteiger partial charge in [0.2, 0.25) is 11.8 Å². The van der Waals surface area contributed by atoms with Gasteiger partial charge < -0.3 is 10.6 Å². The third kappa shape index (κ3) is 5.57. The Morgan fingerprint density at radius 3 is 2.54 bits per heavy atom. The van der Waals surface area contributed by atoms with Crippen molar-refractivity contribution < 1.29 is 14.1 Å². The molecule has 12 nitrogen and oxygen atoms in total. The standard InChI is InChI=1S/C25H29N7O5/c1-14-27-18(16-7-6-15(12-26-5)10-17(16)28-22(35)24(2,3)4)11-20(34)32(14)13-19(33)30-25(8-9-25)21-29-23(36)37-31-21/h6-7,10-12H,8-9,13H2,1-5H3,(H,28,35)(H,30,33)(H,29,31,36). The first-order chi connectivity index (χ1) is 17.4. The molecule has 0 atom stereocenters. The summed E-state index contributed by atoms with van der Waals surface area (Å²) in [6, 6.07) is 6.68. The fourth-order valence-corrected chi connectivity index (χ4v) is 3.81. The predicted octanol–water partition coefficient (Wildman–Crippen LogP) is 1.73. The number of hydrogen-bond acceptors (Lipinski definition) is 8. The van der Waals surface area contributed by atoms with Crippen molar-refractivity contribution >= 4 is 23.7 Å². The van der Waals surface area contributed by atoms with Crippen LogP contribution in [0.25, 0.3) is 11.3 Å². The molecular weight excluding hydrogens is 478 g/mol. The second kappa shape index (κ2) is 9.60. The number of aliphatic imine (C=N–C) groups is 1. The summed E-state index contributed by atoms with van der Waals surface area (Å²) in [5.74, 6) is -0.740. The summed E-state index contributed by atoms with van der Waals surface area (Å²) in [5.41, 5.74) is 0.347. The number of H-pyrrole nitrogens is 1. The van der Waals surface area contributed by atoms with E-state index < -0.39 is 28.2 Å². The van der Waals surface area contributed by atoms with Crippen LogP contribution < -0.4 is 21.9 Å². The Bertz CT molecular complexity index is 1500. The zero-order chi connectivity index (χ0) is 27.0. The molecule has 194 valence electrons. The van der Waals surface area contributed by atoms with E-state index in [1.54, 1.807) is 53.1 Å². The topological polar surface area (TPSA) is 164 Å². The molecule has 3 N–H and O–H groups in total. The summed E-state index contributed by atoms with van der Waals surface area (Å²) in [6.45, 7) is 6.78. The Balaban J connectivity index is 1.61. The highest BCUT2D eigenvalue weighted by Gasteiger charge is 2.49. The summed E-state index contributed by atoms with van der Waals surface area (Å²) < 4.78 is 5.80. The van der Waals surface area contributed by atoms with E-state index in [1.165, 1.54) is 10.6 Å². The number of aromatic amines is 1. The fraction of sp³-hybridized carbons (Fsp3) is 0.400. The van der Waals surface area contributed by atoms with Gasteiger partial charge in [-0.2, -0.15) is 0 Å². The van der Waals surface area contributed by atoms with Crippen LogP contribution in [0.5, 0.6) is 0 Å². The molecule has 12 heteroatoms. The lowest BCUT2D eigenvalue weighted by atomic mass is 9.95. The van der Waals surface area contributed by atoms with Crippen LogP contribution >= 0.6 is 0 Å². The molecule has 1 saturated carbocycles. The summed E-state index contributed by atoms with van der Waals surface area (Å²) in [4.78, 5) is 60.9. The zero-order valence-electron chi connectivity index (χ0n) is 21.3. The average Bonchev–Trinajstić information content (AvgIpc) is 3.45. The van der Waals surface area contributed by atoms with Gasteiger partial charge in [-0.3, -0.25) is 33.5 Å². The summed E-state index contributed by atoms with van der Waals surface area (Å²) in [5, 5.41) is 9.44. The van der Waals surface area contributed by atoms with Gasteiger partial charge in [0.05, 0.1) is 11.4 Å². The first-order valence-corrected chi connectivity index (χ1v) is 11.8. The van der Waals surface area contributed by atoms with E-state index >= 15 is 0 Å². The molecule has 0 aliphatic heterocycles. The molecule has 0 radical (unpaired) electrons. The maximum absolute atomic E-state index is 13.0. The predicted molar refractivity (Wildman–Crippen MR) is 136 cm³/mol. The van der Waals surface area contributed by atoms with E-state index in [1.807, 2.05) is 6.07 Å². The molecule has 2 heterocycles. The van der Waals surface area contributed by atoms with Crippen molar-refractivity contribution in [2.75, 3.05) is 12.4 Å². The van der Waals surface area contributed by atoms with Gasteiger partial charge in [0, 0.05) is 30.3 Å². The number of benzene rings is 1. The number of aromatic nitrogens is 4. The van der Waals surface area contributed by atoms with Crippen LogP contribution in [0.1, 0.15) is 50.8 Å². The molecule has 0 bridgehead atoms. The molecule has 0 spiro atoms. The van der Waals surface area contributed by atoms with E-state index in [9.17, 15) is 19.2 Å². The van der Waals surface area contributed by atoms with Gasteiger partial charge in [-0.1, -0.05) is 38.1 Å². The lowest BCUT2D eigenvalue weighted by Gasteiger charge is -2.20. The second-order valence-electron chi connectivity index (χ2n) is 10.1. The number of carbonyl (C=O) groups is 2. The van der Waals surface area contributed by atoms with Crippen molar-refractivity contribution in [2.45, 2.75) is 52.6 Å². The molecular formula is C25H29N7O5. The molecule has 1 aromatic carbocycles. The molecule has 37 heavy (non-hydrogen) atoms. The maximum atomic E-state index is 13.0. The van der Waals surface area contributed by atoms with Crippen LogP contribution in [0, 0.1) is 12.3 Å². The van der Waals surface area contributed by atoms with E-state index in [0.717, 1.165) is 5.56 Å². The van der Waals surface area contributed by atoms with Gasteiger partial charge in [-0.05, 0) is 31.4 Å². The Labute approximate surface area is 212 Å². The smallest absolute Gasteiger partial charge is 0.342 e. The third-order valence-electron chi connectivity index (χ3n) is 6.05. The summed E-state index contributed by atoms with van der Waals surface area (Å²) in [6.07, 6.45) is 2.84. The molecule has 2 aromatic heterocycles. The number of rotatable bonds is 7. The molecule has 1 fully saturated rings. The van der Waals surface area contributed by atoms with E-state index in [4.69, 9.17) is 0 Å². The molecule has 4 rings (SSSR count). The Hall–Kier alpha value is -4.35. The number of carbonyl (C=O) groups excluding carboxylic acids is 2. The minimum absolute atomic E-state index is 0.191. The van der Waals surface area contributed by atoms with Crippen LogP contribution in [0.3, 0.4) is 0 Å². The number of amides is 2. The van der Waals surface area contributed by atoms with Crippen LogP contribution in [-0.2, 0) is 21.7 Å². The number of hydrogen-bond donors (Lipinski definition) is 3. The fourth-order valence-electron chi connectivity index (χ4n) is 3.81. The zero-order valence-corrected chi connectivity index (χ0v) is 21.3. The number of aryl methyl sites for hydroxylation is 1. The molecule has 0 unspecified atom stereocenters. The van der Waals surface area contributed by atoms with Gasteiger partial charge >= 0.3 is 5.76 Å². The maximum Gasteiger partial charge on any atom is 0.438 e. The first-order valence-electron chi connectivity index (χ1n) is 11.8. The Morgan fingerprint density at radius 2 is 1.97 bits per heavy atom. The molecule has 1 aliphatic carbocycles. The normalized spacial score (nSPS) is 14.5. The van der Waals surface area contributed by atoms with Crippen LogP contribution in [-0.4, -0.2) is 44.8 Å². The van der Waals surface area contributed by atoms with E-state index in [-0.39, 0.29) is 18.3 Å². The monoisotopic (exact) mass is 507 g/mol. The molecule has 0 saturated heterocycles. The van der Waals surface area contributed by atoms with E-state index in [2.05, 4.69) is 35.3 Å². The molecule has 2 amide bonds. The minimum Gasteiger partial charge on any atom is -0.342 e. The van der Waals surface area contributed by atoms with Crippen molar-refractivity contribution in [2.24, 2.45) is 10.4 Å². The SMILES string of the molecule is CN=Cc1ccc(-c2cc(=O)n(CC(=O)NC3(c4noc(=O)[nH]4)CC3)c(C)n2)c(NC(=O)C(C)(C)C)c1. The number of anilines is 1. The minimum atomic E-state index is -0.794. The third-order valence-corrected chi connectivity index (χ3v) is 6.05. The lowest BCUT2D eigenvalue weighted by Crippen LogP contribution is -2.40. The van der Waals surface area contributed by atoms with Gasteiger partial charge in [0.15, 0.2) is 5.82 Å². The van der Waals surface area contributed by atoms with Crippen molar-refractivity contribution in [3.05, 3.63) is 62.4 Å². The quantitative estimate of drug-likeness (QED) is 0.410. The lowest BCUT2D eigenvalue weighted by molar-refractivity contribution is -0.123. The Morgan fingerprint density at radius 1 is 1.24 bits per heavy atom. The Kier molecular flexibility index (Phi) is 6.68. The van der Waals surface area contributed by atoms with Gasteiger partial charge in [0.1, 0.15) is 17.9 Å².